The van der Waals surface area contributed by atoms with E-state index >= 15 is 0 Å². The molecule has 1 fully saturated rings. The molecule has 68 valence electrons. The van der Waals surface area contributed by atoms with Gasteiger partial charge in [-0.2, -0.15) is 0 Å². The van der Waals surface area contributed by atoms with Crippen molar-refractivity contribution in [2.45, 2.75) is 13.3 Å². The summed E-state index contributed by atoms with van der Waals surface area (Å²) in [6.45, 7) is 3.77. The smallest absolute Gasteiger partial charge is 0.330 e. The lowest BCUT2D eigenvalue weighted by molar-refractivity contribution is -0.137. The monoisotopic (exact) mass is 170 g/mol. The molecule has 1 unspecified atom stereocenters. The van der Waals surface area contributed by atoms with Gasteiger partial charge in [0.15, 0.2) is 0 Å². The molecular formula is C9H14O3. The van der Waals surface area contributed by atoms with Crippen LogP contribution in [0.15, 0.2) is 12.2 Å². The third kappa shape index (κ3) is 3.05. The van der Waals surface area contributed by atoms with Gasteiger partial charge in [-0.05, 0) is 13.3 Å². The van der Waals surface area contributed by atoms with Crippen LogP contribution in [-0.2, 0) is 14.3 Å². The van der Waals surface area contributed by atoms with E-state index in [4.69, 9.17) is 9.47 Å². The van der Waals surface area contributed by atoms with Crippen LogP contribution in [-0.4, -0.2) is 25.8 Å². The lowest BCUT2D eigenvalue weighted by Gasteiger charge is -1.98. The number of hydrogen-bond acceptors (Lipinski definition) is 3. The van der Waals surface area contributed by atoms with Crippen molar-refractivity contribution in [1.82, 2.24) is 0 Å². The van der Waals surface area contributed by atoms with Crippen molar-refractivity contribution in [3.8, 4) is 0 Å². The largest absolute Gasteiger partial charge is 0.463 e. The van der Waals surface area contributed by atoms with Gasteiger partial charge in [0, 0.05) is 18.6 Å². The topological polar surface area (TPSA) is 35.5 Å². The van der Waals surface area contributed by atoms with E-state index in [0.29, 0.717) is 12.5 Å². The minimum absolute atomic E-state index is 0.260. The van der Waals surface area contributed by atoms with Gasteiger partial charge >= 0.3 is 5.97 Å². The zero-order chi connectivity index (χ0) is 8.81. The second-order valence-corrected chi connectivity index (χ2v) is 2.73. The molecule has 0 aromatic heterocycles. The quantitative estimate of drug-likeness (QED) is 0.470. The minimum Gasteiger partial charge on any atom is -0.463 e. The fourth-order valence-electron chi connectivity index (χ4n) is 1.11. The van der Waals surface area contributed by atoms with Gasteiger partial charge in [0.2, 0.25) is 0 Å². The van der Waals surface area contributed by atoms with E-state index in [1.165, 1.54) is 6.08 Å². The van der Waals surface area contributed by atoms with Crippen molar-refractivity contribution in [3.05, 3.63) is 12.2 Å². The summed E-state index contributed by atoms with van der Waals surface area (Å²) in [7, 11) is 0. The molecular weight excluding hydrogens is 156 g/mol. The Hall–Kier alpha value is -0.830. The van der Waals surface area contributed by atoms with Gasteiger partial charge < -0.3 is 9.47 Å². The average molecular weight is 170 g/mol. The number of carbonyl (C=O) groups excluding carboxylic acids is 1. The molecule has 3 nitrogen and oxygen atoms in total. The van der Waals surface area contributed by atoms with E-state index in [9.17, 15) is 4.79 Å². The second kappa shape index (κ2) is 4.93. The van der Waals surface area contributed by atoms with Crippen LogP contribution in [0.5, 0.6) is 0 Å². The van der Waals surface area contributed by atoms with Gasteiger partial charge in [0.25, 0.3) is 0 Å². The summed E-state index contributed by atoms with van der Waals surface area (Å²) in [4.78, 5) is 10.8. The first-order valence-corrected chi connectivity index (χ1v) is 4.25. The molecule has 1 aliphatic heterocycles. The molecule has 1 heterocycles. The molecule has 0 N–H and O–H groups in total. The van der Waals surface area contributed by atoms with E-state index in [0.717, 1.165) is 19.6 Å². The Morgan fingerprint density at radius 2 is 2.58 bits per heavy atom. The normalized spacial score (nSPS) is 23.2. The minimum atomic E-state index is -0.260. The van der Waals surface area contributed by atoms with Crippen molar-refractivity contribution in [2.75, 3.05) is 19.8 Å². The number of rotatable bonds is 3. The van der Waals surface area contributed by atoms with E-state index in [1.807, 2.05) is 6.08 Å². The highest BCUT2D eigenvalue weighted by molar-refractivity contribution is 5.81. The summed E-state index contributed by atoms with van der Waals surface area (Å²) < 4.78 is 9.88. The summed E-state index contributed by atoms with van der Waals surface area (Å²) in [5, 5.41) is 0. The fraction of sp³-hybridized carbons (Fsp3) is 0.667. The Balaban J connectivity index is 2.23. The lowest BCUT2D eigenvalue weighted by Crippen LogP contribution is -2.01. The van der Waals surface area contributed by atoms with Crippen LogP contribution in [0.4, 0.5) is 0 Å². The van der Waals surface area contributed by atoms with Crippen LogP contribution in [0.1, 0.15) is 13.3 Å². The molecule has 1 saturated heterocycles. The Bertz CT molecular complexity index is 169. The first kappa shape index (κ1) is 9.26. The summed E-state index contributed by atoms with van der Waals surface area (Å²) in [5.41, 5.74) is 0. The van der Waals surface area contributed by atoms with Crippen LogP contribution in [0.2, 0.25) is 0 Å². The van der Waals surface area contributed by atoms with Crippen molar-refractivity contribution < 1.29 is 14.3 Å². The SMILES string of the molecule is CCOC(=O)/C=C/C1CCOC1. The summed E-state index contributed by atoms with van der Waals surface area (Å²) in [6.07, 6.45) is 4.36. The molecule has 0 aromatic rings. The highest BCUT2D eigenvalue weighted by Gasteiger charge is 2.12. The van der Waals surface area contributed by atoms with Gasteiger partial charge in [0.05, 0.1) is 13.2 Å². The van der Waals surface area contributed by atoms with Crippen molar-refractivity contribution >= 4 is 5.97 Å². The summed E-state index contributed by atoms with van der Waals surface area (Å²) in [5.74, 6) is 0.138. The Labute approximate surface area is 72.4 Å². The molecule has 0 radical (unpaired) electrons. The molecule has 3 heteroatoms. The lowest BCUT2D eigenvalue weighted by atomic mass is 10.1. The van der Waals surface area contributed by atoms with E-state index in [1.54, 1.807) is 6.92 Å². The third-order valence-electron chi connectivity index (χ3n) is 1.76. The first-order chi connectivity index (χ1) is 5.83. The molecule has 1 atom stereocenters. The van der Waals surface area contributed by atoms with Crippen LogP contribution >= 0.6 is 0 Å². The maximum Gasteiger partial charge on any atom is 0.330 e. The molecule has 1 aliphatic rings. The van der Waals surface area contributed by atoms with Crippen LogP contribution in [0, 0.1) is 5.92 Å². The Morgan fingerprint density at radius 1 is 1.75 bits per heavy atom. The van der Waals surface area contributed by atoms with Crippen LogP contribution < -0.4 is 0 Å². The Kier molecular flexibility index (Phi) is 3.80. The standard InChI is InChI=1S/C9H14O3/c1-2-12-9(10)4-3-8-5-6-11-7-8/h3-4,8H,2,5-7H2,1H3/b4-3+. The number of carbonyl (C=O) groups is 1. The maximum absolute atomic E-state index is 10.8. The number of hydrogen-bond donors (Lipinski definition) is 0. The fourth-order valence-corrected chi connectivity index (χ4v) is 1.11. The van der Waals surface area contributed by atoms with Gasteiger partial charge in [-0.25, -0.2) is 4.79 Å². The average Bonchev–Trinajstić information content (AvgIpc) is 2.53. The molecule has 0 amide bonds. The molecule has 0 spiro atoms. The molecule has 12 heavy (non-hydrogen) atoms. The molecule has 0 saturated carbocycles. The first-order valence-electron chi connectivity index (χ1n) is 4.25. The van der Waals surface area contributed by atoms with E-state index in [2.05, 4.69) is 0 Å². The van der Waals surface area contributed by atoms with Gasteiger partial charge in [-0.15, -0.1) is 0 Å². The number of ether oxygens (including phenoxy) is 2. The van der Waals surface area contributed by atoms with Crippen molar-refractivity contribution in [3.63, 3.8) is 0 Å². The zero-order valence-corrected chi connectivity index (χ0v) is 7.29. The zero-order valence-electron chi connectivity index (χ0n) is 7.29. The maximum atomic E-state index is 10.8. The highest BCUT2D eigenvalue weighted by atomic mass is 16.5. The van der Waals surface area contributed by atoms with Crippen molar-refractivity contribution in [2.24, 2.45) is 5.92 Å². The van der Waals surface area contributed by atoms with Gasteiger partial charge in [-0.3, -0.25) is 0 Å². The molecule has 0 aromatic carbocycles. The predicted molar refractivity (Wildman–Crippen MR) is 44.7 cm³/mol. The Morgan fingerprint density at radius 3 is 3.17 bits per heavy atom. The summed E-state index contributed by atoms with van der Waals surface area (Å²) >= 11 is 0. The summed E-state index contributed by atoms with van der Waals surface area (Å²) in [6, 6.07) is 0. The number of esters is 1. The van der Waals surface area contributed by atoms with E-state index < -0.39 is 0 Å². The van der Waals surface area contributed by atoms with Crippen LogP contribution in [0.25, 0.3) is 0 Å². The highest BCUT2D eigenvalue weighted by Crippen LogP contribution is 2.13. The van der Waals surface area contributed by atoms with Gasteiger partial charge in [-0.1, -0.05) is 6.08 Å². The van der Waals surface area contributed by atoms with Crippen molar-refractivity contribution in [1.29, 1.82) is 0 Å². The molecule has 1 rings (SSSR count). The second-order valence-electron chi connectivity index (χ2n) is 2.73. The predicted octanol–water partition coefficient (Wildman–Crippen LogP) is 1.14. The van der Waals surface area contributed by atoms with Crippen LogP contribution in [0.3, 0.4) is 0 Å². The third-order valence-corrected chi connectivity index (χ3v) is 1.76. The van der Waals surface area contributed by atoms with E-state index in [-0.39, 0.29) is 5.97 Å². The van der Waals surface area contributed by atoms with Gasteiger partial charge in [0.1, 0.15) is 0 Å². The molecule has 0 bridgehead atoms. The molecule has 0 aliphatic carbocycles.